The fourth-order valence-electron chi connectivity index (χ4n) is 4.31. The summed E-state index contributed by atoms with van der Waals surface area (Å²) >= 11 is 6.24. The molecule has 1 aromatic carbocycles. The molecule has 1 aromatic rings. The molecule has 2 atom stereocenters. The van der Waals surface area contributed by atoms with Crippen molar-refractivity contribution in [2.45, 2.75) is 50.2 Å². The number of hydrogen-bond acceptors (Lipinski definition) is 3. The Hall–Kier alpha value is -0.770. The first-order valence-corrected chi connectivity index (χ1v) is 8.41. The average Bonchev–Trinajstić information content (AvgIpc) is 3.05. The van der Waals surface area contributed by atoms with Crippen LogP contribution >= 0.6 is 11.6 Å². The van der Waals surface area contributed by atoms with E-state index in [1.165, 1.54) is 24.9 Å². The molecule has 2 fully saturated rings. The van der Waals surface area contributed by atoms with Crippen molar-refractivity contribution >= 4 is 11.6 Å². The Morgan fingerprint density at radius 2 is 2.29 bits per heavy atom. The van der Waals surface area contributed by atoms with E-state index in [2.05, 4.69) is 4.90 Å². The van der Waals surface area contributed by atoms with E-state index < -0.39 is 5.60 Å². The second-order valence-electron chi connectivity index (χ2n) is 6.84. The van der Waals surface area contributed by atoms with Gasteiger partial charge in [-0.1, -0.05) is 11.6 Å². The summed E-state index contributed by atoms with van der Waals surface area (Å²) < 4.78 is 5.78. The van der Waals surface area contributed by atoms with Crippen LogP contribution in [0.25, 0.3) is 0 Å². The van der Waals surface area contributed by atoms with Gasteiger partial charge in [-0.2, -0.15) is 0 Å². The van der Waals surface area contributed by atoms with Crippen LogP contribution in [0.15, 0.2) is 12.1 Å². The highest BCUT2D eigenvalue weighted by atomic mass is 35.5. The molecular formula is C17H22ClNO2. The van der Waals surface area contributed by atoms with Crippen molar-refractivity contribution in [1.29, 1.82) is 0 Å². The number of benzene rings is 1. The number of hydrogen-bond donors (Lipinski definition) is 1. The van der Waals surface area contributed by atoms with Crippen LogP contribution in [0.1, 0.15) is 36.8 Å². The first-order chi connectivity index (χ1) is 10.1. The van der Waals surface area contributed by atoms with Crippen molar-refractivity contribution in [2.24, 2.45) is 0 Å². The van der Waals surface area contributed by atoms with Gasteiger partial charge in [-0.25, -0.2) is 0 Å². The molecule has 0 aromatic heterocycles. The molecule has 4 heteroatoms. The van der Waals surface area contributed by atoms with Gasteiger partial charge >= 0.3 is 0 Å². The van der Waals surface area contributed by atoms with Gasteiger partial charge in [-0.3, -0.25) is 0 Å². The van der Waals surface area contributed by atoms with Gasteiger partial charge in [0.05, 0.1) is 12.2 Å². The summed E-state index contributed by atoms with van der Waals surface area (Å²) in [5.41, 5.74) is 1.68. The molecule has 0 radical (unpaired) electrons. The van der Waals surface area contributed by atoms with Crippen LogP contribution in [0.5, 0.6) is 5.75 Å². The number of ether oxygens (including phenoxy) is 1. The lowest BCUT2D eigenvalue weighted by atomic mass is 9.81. The molecule has 0 amide bonds. The Morgan fingerprint density at radius 3 is 3.19 bits per heavy atom. The van der Waals surface area contributed by atoms with Crippen molar-refractivity contribution in [1.82, 2.24) is 4.90 Å². The SMILES string of the molecule is OC1(Cc2cc(Cl)cc3c2OCC3)CCN2CCCC2C1. The molecule has 3 heterocycles. The van der Waals surface area contributed by atoms with E-state index in [0.29, 0.717) is 12.5 Å². The van der Waals surface area contributed by atoms with Crippen molar-refractivity contribution < 1.29 is 9.84 Å². The van der Waals surface area contributed by atoms with Crippen LogP contribution in [0, 0.1) is 0 Å². The molecule has 2 unspecified atom stereocenters. The fourth-order valence-corrected chi connectivity index (χ4v) is 4.57. The maximum absolute atomic E-state index is 11.1. The van der Waals surface area contributed by atoms with Crippen molar-refractivity contribution in [2.75, 3.05) is 19.7 Å². The predicted octanol–water partition coefficient (Wildman–Crippen LogP) is 2.81. The van der Waals surface area contributed by atoms with Crippen LogP contribution < -0.4 is 4.74 Å². The smallest absolute Gasteiger partial charge is 0.126 e. The monoisotopic (exact) mass is 307 g/mol. The Bertz CT molecular complexity index is 562. The molecule has 21 heavy (non-hydrogen) atoms. The van der Waals surface area contributed by atoms with Crippen molar-refractivity contribution in [3.05, 3.63) is 28.3 Å². The lowest BCUT2D eigenvalue weighted by molar-refractivity contribution is -0.0357. The van der Waals surface area contributed by atoms with Crippen LogP contribution in [0.4, 0.5) is 0 Å². The summed E-state index contributed by atoms with van der Waals surface area (Å²) in [6, 6.07) is 4.54. The van der Waals surface area contributed by atoms with E-state index in [9.17, 15) is 5.11 Å². The van der Waals surface area contributed by atoms with Crippen LogP contribution in [0.2, 0.25) is 5.02 Å². The number of halogens is 1. The normalized spacial score (nSPS) is 31.8. The molecule has 0 bridgehead atoms. The van der Waals surface area contributed by atoms with Crippen molar-refractivity contribution in [3.63, 3.8) is 0 Å². The largest absolute Gasteiger partial charge is 0.493 e. The average molecular weight is 308 g/mol. The third-order valence-electron chi connectivity index (χ3n) is 5.32. The Balaban J connectivity index is 1.58. The lowest BCUT2D eigenvalue weighted by Crippen LogP contribution is -2.48. The first kappa shape index (κ1) is 13.9. The maximum atomic E-state index is 11.1. The van der Waals surface area contributed by atoms with E-state index >= 15 is 0 Å². The lowest BCUT2D eigenvalue weighted by Gasteiger charge is -2.41. The summed E-state index contributed by atoms with van der Waals surface area (Å²) in [5, 5.41) is 11.8. The quantitative estimate of drug-likeness (QED) is 0.912. The third kappa shape index (κ3) is 2.56. The molecule has 1 N–H and O–H groups in total. The molecule has 2 saturated heterocycles. The van der Waals surface area contributed by atoms with E-state index in [-0.39, 0.29) is 0 Å². The summed E-state index contributed by atoms with van der Waals surface area (Å²) in [7, 11) is 0. The van der Waals surface area contributed by atoms with E-state index in [1.807, 2.05) is 12.1 Å². The summed E-state index contributed by atoms with van der Waals surface area (Å²) in [6.07, 6.45) is 5.83. The topological polar surface area (TPSA) is 32.7 Å². The van der Waals surface area contributed by atoms with Gasteiger partial charge < -0.3 is 14.7 Å². The Labute approximate surface area is 130 Å². The molecule has 114 valence electrons. The number of nitrogens with zero attached hydrogens (tertiary/aromatic N) is 1. The number of aliphatic hydroxyl groups is 1. The molecule has 0 spiro atoms. The predicted molar refractivity (Wildman–Crippen MR) is 83.1 cm³/mol. The minimum absolute atomic E-state index is 0.567. The zero-order chi connectivity index (χ0) is 14.4. The summed E-state index contributed by atoms with van der Waals surface area (Å²) in [5.74, 6) is 0.974. The van der Waals surface area contributed by atoms with Gasteiger partial charge in [-0.05, 0) is 55.5 Å². The van der Waals surface area contributed by atoms with Crippen LogP contribution in [0.3, 0.4) is 0 Å². The Kier molecular flexibility index (Phi) is 3.40. The van der Waals surface area contributed by atoms with E-state index in [1.54, 1.807) is 0 Å². The van der Waals surface area contributed by atoms with Crippen molar-refractivity contribution in [3.8, 4) is 5.75 Å². The number of fused-ring (bicyclic) bond motifs is 2. The van der Waals surface area contributed by atoms with E-state index in [4.69, 9.17) is 16.3 Å². The minimum Gasteiger partial charge on any atom is -0.493 e. The van der Waals surface area contributed by atoms with E-state index in [0.717, 1.165) is 48.7 Å². The Morgan fingerprint density at radius 1 is 1.38 bits per heavy atom. The second kappa shape index (κ2) is 5.15. The second-order valence-corrected chi connectivity index (χ2v) is 7.28. The van der Waals surface area contributed by atoms with Gasteiger partial charge in [0.25, 0.3) is 0 Å². The standard InChI is InChI=1S/C17H22ClNO2/c18-14-8-12-3-7-21-16(12)13(9-14)10-17(20)4-6-19-5-1-2-15(19)11-17/h8-9,15,20H,1-7,10-11H2. The molecular weight excluding hydrogens is 286 g/mol. The molecule has 3 nitrogen and oxygen atoms in total. The highest BCUT2D eigenvalue weighted by Gasteiger charge is 2.40. The zero-order valence-corrected chi connectivity index (χ0v) is 13.0. The molecule has 4 rings (SSSR count). The fraction of sp³-hybridized carbons (Fsp3) is 0.647. The molecule has 0 aliphatic carbocycles. The number of piperidine rings is 1. The first-order valence-electron chi connectivity index (χ1n) is 8.04. The van der Waals surface area contributed by atoms with Gasteiger partial charge in [0.15, 0.2) is 0 Å². The number of rotatable bonds is 2. The van der Waals surface area contributed by atoms with Crippen LogP contribution in [-0.4, -0.2) is 41.3 Å². The van der Waals surface area contributed by atoms with Gasteiger partial charge in [0.1, 0.15) is 5.75 Å². The summed E-state index contributed by atoms with van der Waals surface area (Å²) in [6.45, 7) is 2.96. The van der Waals surface area contributed by atoms with Gasteiger partial charge in [-0.15, -0.1) is 0 Å². The van der Waals surface area contributed by atoms with Crippen LogP contribution in [-0.2, 0) is 12.8 Å². The highest BCUT2D eigenvalue weighted by Crippen LogP contribution is 2.39. The highest BCUT2D eigenvalue weighted by molar-refractivity contribution is 6.30. The molecule has 3 aliphatic rings. The minimum atomic E-state index is -0.601. The molecule has 3 aliphatic heterocycles. The maximum Gasteiger partial charge on any atom is 0.126 e. The van der Waals surface area contributed by atoms with Gasteiger partial charge in [0.2, 0.25) is 0 Å². The van der Waals surface area contributed by atoms with Gasteiger partial charge in [0, 0.05) is 30.5 Å². The zero-order valence-electron chi connectivity index (χ0n) is 12.3. The third-order valence-corrected chi connectivity index (χ3v) is 5.54. The summed E-state index contributed by atoms with van der Waals surface area (Å²) in [4.78, 5) is 2.54. The molecule has 0 saturated carbocycles.